The molecule has 5 nitrogen and oxygen atoms in total. The van der Waals surface area contributed by atoms with Gasteiger partial charge in [-0.05, 0) is 32.0 Å². The van der Waals surface area contributed by atoms with Crippen LogP contribution in [0.1, 0.15) is 10.6 Å². The fourth-order valence-corrected chi connectivity index (χ4v) is 2.94. The first-order valence-electron chi connectivity index (χ1n) is 6.09. The Bertz CT molecular complexity index is 598. The van der Waals surface area contributed by atoms with Crippen LogP contribution in [0.2, 0.25) is 0 Å². The van der Waals surface area contributed by atoms with E-state index < -0.39 is 0 Å². The first-order chi connectivity index (χ1) is 9.26. The molecule has 3 rings (SSSR count). The van der Waals surface area contributed by atoms with Crippen molar-refractivity contribution >= 4 is 22.2 Å². The molecule has 19 heavy (non-hydrogen) atoms. The van der Waals surface area contributed by atoms with Gasteiger partial charge in [-0.1, -0.05) is 0 Å². The Morgan fingerprint density at radius 3 is 3.05 bits per heavy atom. The van der Waals surface area contributed by atoms with E-state index in [2.05, 4.69) is 10.3 Å². The maximum atomic E-state index is 5.58. The molecule has 2 aromatic rings. The summed E-state index contributed by atoms with van der Waals surface area (Å²) in [5.41, 5.74) is 7.56. The Hall–Kier alpha value is -1.79. The molecule has 0 fully saturated rings. The van der Waals surface area contributed by atoms with Crippen LogP contribution in [-0.4, -0.2) is 18.3 Å². The van der Waals surface area contributed by atoms with Gasteiger partial charge in [0.25, 0.3) is 0 Å². The molecule has 0 saturated heterocycles. The fourth-order valence-electron chi connectivity index (χ4n) is 1.94. The van der Waals surface area contributed by atoms with Crippen molar-refractivity contribution in [2.45, 2.75) is 13.3 Å². The van der Waals surface area contributed by atoms with Crippen LogP contribution in [0.5, 0.6) is 11.5 Å². The molecule has 0 bridgehead atoms. The van der Waals surface area contributed by atoms with E-state index in [4.69, 9.17) is 15.2 Å². The van der Waals surface area contributed by atoms with Gasteiger partial charge in [0.2, 0.25) is 6.79 Å². The smallest absolute Gasteiger partial charge is 0.231 e. The van der Waals surface area contributed by atoms with E-state index >= 15 is 0 Å². The summed E-state index contributed by atoms with van der Waals surface area (Å²) in [6, 6.07) is 5.76. The third kappa shape index (κ3) is 2.50. The highest BCUT2D eigenvalue weighted by Gasteiger charge is 2.14. The maximum absolute atomic E-state index is 5.58. The minimum absolute atomic E-state index is 0.287. The van der Waals surface area contributed by atoms with Crippen LogP contribution >= 0.6 is 11.3 Å². The van der Waals surface area contributed by atoms with Crippen LogP contribution in [0.3, 0.4) is 0 Å². The maximum Gasteiger partial charge on any atom is 0.231 e. The molecule has 3 N–H and O–H groups in total. The van der Waals surface area contributed by atoms with Crippen LogP contribution in [0.25, 0.3) is 0 Å². The summed E-state index contributed by atoms with van der Waals surface area (Å²) in [5.74, 6) is 1.55. The lowest BCUT2D eigenvalue weighted by Crippen LogP contribution is -2.01. The molecule has 0 radical (unpaired) electrons. The Labute approximate surface area is 115 Å². The van der Waals surface area contributed by atoms with Gasteiger partial charge in [-0.15, -0.1) is 11.3 Å². The number of aryl methyl sites for hydroxylation is 1. The first-order valence-corrected chi connectivity index (χ1v) is 6.91. The minimum atomic E-state index is 0.287. The summed E-state index contributed by atoms with van der Waals surface area (Å²) in [6.07, 6.45) is 0.867. The van der Waals surface area contributed by atoms with Crippen LogP contribution in [0, 0.1) is 6.92 Å². The van der Waals surface area contributed by atoms with Gasteiger partial charge in [-0.2, -0.15) is 0 Å². The van der Waals surface area contributed by atoms with Crippen molar-refractivity contribution in [3.05, 3.63) is 28.8 Å². The number of hydrogen-bond donors (Lipinski definition) is 2. The molecule has 1 aromatic carbocycles. The van der Waals surface area contributed by atoms with Gasteiger partial charge in [0.15, 0.2) is 16.6 Å². The third-order valence-electron chi connectivity index (χ3n) is 2.89. The molecule has 2 heterocycles. The van der Waals surface area contributed by atoms with E-state index in [1.165, 1.54) is 4.88 Å². The Morgan fingerprint density at radius 2 is 2.21 bits per heavy atom. The van der Waals surface area contributed by atoms with E-state index in [0.717, 1.165) is 34.4 Å². The zero-order valence-electron chi connectivity index (χ0n) is 10.6. The summed E-state index contributed by atoms with van der Waals surface area (Å²) in [6.45, 7) is 2.94. The predicted molar refractivity (Wildman–Crippen MR) is 75.5 cm³/mol. The highest BCUT2D eigenvalue weighted by molar-refractivity contribution is 7.15. The molecule has 0 atom stereocenters. The van der Waals surface area contributed by atoms with Crippen molar-refractivity contribution < 1.29 is 9.47 Å². The zero-order valence-corrected chi connectivity index (χ0v) is 11.4. The number of thiazole rings is 1. The molecule has 0 amide bonds. The first kappa shape index (κ1) is 12.3. The number of nitrogens with two attached hydrogens (primary N) is 1. The van der Waals surface area contributed by atoms with Crippen LogP contribution in [0.15, 0.2) is 18.2 Å². The molecule has 0 unspecified atom stereocenters. The second kappa shape index (κ2) is 5.07. The Morgan fingerprint density at radius 1 is 1.37 bits per heavy atom. The third-order valence-corrected chi connectivity index (χ3v) is 4.02. The van der Waals surface area contributed by atoms with Gasteiger partial charge in [0, 0.05) is 16.6 Å². The van der Waals surface area contributed by atoms with Crippen molar-refractivity contribution in [3.8, 4) is 11.5 Å². The highest BCUT2D eigenvalue weighted by Crippen LogP contribution is 2.35. The molecule has 0 spiro atoms. The monoisotopic (exact) mass is 277 g/mol. The topological polar surface area (TPSA) is 69.4 Å². The molecule has 6 heteroatoms. The number of benzene rings is 1. The van der Waals surface area contributed by atoms with Gasteiger partial charge < -0.3 is 20.5 Å². The number of ether oxygens (including phenoxy) is 2. The molecule has 0 saturated carbocycles. The number of hydrogen-bond acceptors (Lipinski definition) is 6. The predicted octanol–water partition coefficient (Wildman–Crippen LogP) is 2.43. The van der Waals surface area contributed by atoms with Gasteiger partial charge in [0.05, 0.1) is 5.69 Å². The van der Waals surface area contributed by atoms with Gasteiger partial charge >= 0.3 is 0 Å². The van der Waals surface area contributed by atoms with Crippen molar-refractivity contribution in [1.29, 1.82) is 0 Å². The standard InChI is InChI=1S/C13H15N3O2S/c1-8-12(4-5-14)19-13(15-8)16-9-2-3-10-11(6-9)18-7-17-10/h2-3,6H,4-5,7,14H2,1H3,(H,15,16). The summed E-state index contributed by atoms with van der Waals surface area (Å²) >= 11 is 1.64. The quantitative estimate of drug-likeness (QED) is 0.898. The second-order valence-electron chi connectivity index (χ2n) is 4.26. The van der Waals surface area contributed by atoms with Crippen LogP contribution in [0.4, 0.5) is 10.8 Å². The van der Waals surface area contributed by atoms with E-state index in [9.17, 15) is 0 Å². The second-order valence-corrected chi connectivity index (χ2v) is 5.34. The molecular formula is C13H15N3O2S. The summed E-state index contributed by atoms with van der Waals surface area (Å²) < 4.78 is 10.6. The molecule has 0 aliphatic carbocycles. The summed E-state index contributed by atoms with van der Waals surface area (Å²) in [7, 11) is 0. The summed E-state index contributed by atoms with van der Waals surface area (Å²) in [5, 5.41) is 4.16. The lowest BCUT2D eigenvalue weighted by Gasteiger charge is -2.03. The largest absolute Gasteiger partial charge is 0.454 e. The van der Waals surface area contributed by atoms with Gasteiger partial charge in [0.1, 0.15) is 0 Å². The summed E-state index contributed by atoms with van der Waals surface area (Å²) in [4.78, 5) is 5.73. The highest BCUT2D eigenvalue weighted by atomic mass is 32.1. The number of aromatic nitrogens is 1. The van der Waals surface area contributed by atoms with E-state index in [1.807, 2.05) is 25.1 Å². The zero-order chi connectivity index (χ0) is 13.2. The van der Waals surface area contributed by atoms with Crippen LogP contribution < -0.4 is 20.5 Å². The normalized spacial score (nSPS) is 12.7. The van der Waals surface area contributed by atoms with Gasteiger partial charge in [-0.25, -0.2) is 4.98 Å². The fraction of sp³-hybridized carbons (Fsp3) is 0.308. The average molecular weight is 277 g/mol. The Kier molecular flexibility index (Phi) is 3.27. The minimum Gasteiger partial charge on any atom is -0.454 e. The number of nitrogens with one attached hydrogen (secondary N) is 1. The Balaban J connectivity index is 1.79. The number of fused-ring (bicyclic) bond motifs is 1. The SMILES string of the molecule is Cc1nc(Nc2ccc3c(c2)OCO3)sc1CCN. The van der Waals surface area contributed by atoms with Crippen molar-refractivity contribution in [3.63, 3.8) is 0 Å². The van der Waals surface area contributed by atoms with Crippen LogP contribution in [-0.2, 0) is 6.42 Å². The molecule has 1 aliphatic heterocycles. The molecular weight excluding hydrogens is 262 g/mol. The lowest BCUT2D eigenvalue weighted by atomic mass is 10.3. The average Bonchev–Trinajstić information content (AvgIpc) is 2.97. The molecule has 1 aliphatic rings. The molecule has 100 valence electrons. The lowest BCUT2D eigenvalue weighted by molar-refractivity contribution is 0.174. The van der Waals surface area contributed by atoms with E-state index in [1.54, 1.807) is 11.3 Å². The van der Waals surface area contributed by atoms with E-state index in [-0.39, 0.29) is 6.79 Å². The van der Waals surface area contributed by atoms with Gasteiger partial charge in [-0.3, -0.25) is 0 Å². The van der Waals surface area contributed by atoms with Crippen molar-refractivity contribution in [2.24, 2.45) is 5.73 Å². The number of rotatable bonds is 4. The van der Waals surface area contributed by atoms with E-state index in [0.29, 0.717) is 6.54 Å². The molecule has 1 aromatic heterocycles. The van der Waals surface area contributed by atoms with Crippen molar-refractivity contribution in [1.82, 2.24) is 4.98 Å². The number of nitrogens with zero attached hydrogens (tertiary/aromatic N) is 1. The van der Waals surface area contributed by atoms with Crippen molar-refractivity contribution in [2.75, 3.05) is 18.7 Å². The number of anilines is 2.